The number of rotatable bonds is 5. The van der Waals surface area contributed by atoms with Crippen molar-refractivity contribution in [3.8, 4) is 22.8 Å². The van der Waals surface area contributed by atoms with Crippen molar-refractivity contribution in [2.45, 2.75) is 20.0 Å². The molecule has 32 heavy (non-hydrogen) atoms. The van der Waals surface area contributed by atoms with Crippen molar-refractivity contribution in [3.05, 3.63) is 59.8 Å². The van der Waals surface area contributed by atoms with Crippen molar-refractivity contribution in [2.75, 3.05) is 24.7 Å². The third kappa shape index (κ3) is 4.03. The zero-order valence-electron chi connectivity index (χ0n) is 17.6. The molecule has 1 unspecified atom stereocenters. The second-order valence-corrected chi connectivity index (χ2v) is 7.89. The Kier molecular flexibility index (Phi) is 5.26. The number of nitrogens with zero attached hydrogens (tertiary/aromatic N) is 2. The van der Waals surface area contributed by atoms with Crippen LogP contribution in [0.15, 0.2) is 53.1 Å². The third-order valence-corrected chi connectivity index (χ3v) is 5.55. The van der Waals surface area contributed by atoms with E-state index in [4.69, 9.17) is 18.7 Å². The number of benzene rings is 2. The zero-order valence-corrected chi connectivity index (χ0v) is 17.6. The highest BCUT2D eigenvalue weighted by Crippen LogP contribution is 2.34. The van der Waals surface area contributed by atoms with Gasteiger partial charge in [-0.3, -0.25) is 9.59 Å². The number of ether oxygens (including phenoxy) is 3. The first kappa shape index (κ1) is 20.1. The number of aryl methyl sites for hydroxylation is 1. The summed E-state index contributed by atoms with van der Waals surface area (Å²) in [6.45, 7) is 3.29. The molecular weight excluding hydrogens is 412 g/mol. The Hall–Kier alpha value is -3.81. The minimum atomic E-state index is -0.507. The molecule has 5 rings (SSSR count). The molecule has 3 heterocycles. The Morgan fingerprint density at radius 3 is 2.69 bits per heavy atom. The van der Waals surface area contributed by atoms with Gasteiger partial charge in [-0.2, -0.15) is 0 Å². The molecule has 2 aromatic carbocycles. The van der Waals surface area contributed by atoms with Gasteiger partial charge in [0, 0.05) is 30.3 Å². The number of carbonyl (C=O) groups excluding carboxylic acids is 2. The SMILES string of the molecule is Cc1ccc(N2CC(C(=O)OCc3cc(-c4ccc5c(c4)OCCO5)on3)CC2=O)cc1. The molecule has 8 heteroatoms. The molecule has 8 nitrogen and oxygen atoms in total. The average Bonchev–Trinajstić information content (AvgIpc) is 3.45. The van der Waals surface area contributed by atoms with Gasteiger partial charge in [-0.25, -0.2) is 0 Å². The number of anilines is 1. The number of hydrogen-bond acceptors (Lipinski definition) is 7. The van der Waals surface area contributed by atoms with Gasteiger partial charge >= 0.3 is 5.97 Å². The molecule has 3 aromatic rings. The molecule has 0 spiro atoms. The summed E-state index contributed by atoms with van der Waals surface area (Å²) in [5.41, 5.74) is 3.17. The van der Waals surface area contributed by atoms with Gasteiger partial charge in [0.05, 0.1) is 5.92 Å². The van der Waals surface area contributed by atoms with Crippen LogP contribution >= 0.6 is 0 Å². The first-order chi connectivity index (χ1) is 15.6. The molecule has 1 amide bonds. The summed E-state index contributed by atoms with van der Waals surface area (Å²) in [5, 5.41) is 3.99. The Labute approximate surface area is 184 Å². The maximum Gasteiger partial charge on any atom is 0.311 e. The number of fused-ring (bicyclic) bond motifs is 1. The van der Waals surface area contributed by atoms with Crippen LogP contribution in [0, 0.1) is 12.8 Å². The molecular formula is C24H22N2O6. The van der Waals surface area contributed by atoms with E-state index < -0.39 is 11.9 Å². The molecule has 0 N–H and O–H groups in total. The molecule has 0 aliphatic carbocycles. The quantitative estimate of drug-likeness (QED) is 0.568. The molecule has 1 atom stereocenters. The summed E-state index contributed by atoms with van der Waals surface area (Å²) in [4.78, 5) is 26.6. The lowest BCUT2D eigenvalue weighted by molar-refractivity contribution is -0.149. The first-order valence-electron chi connectivity index (χ1n) is 10.5. The van der Waals surface area contributed by atoms with Crippen LogP contribution in [-0.4, -0.2) is 36.8 Å². The predicted octanol–water partition coefficient (Wildman–Crippen LogP) is 3.52. The van der Waals surface area contributed by atoms with Crippen LogP contribution < -0.4 is 14.4 Å². The van der Waals surface area contributed by atoms with Crippen LogP contribution in [-0.2, 0) is 20.9 Å². The topological polar surface area (TPSA) is 91.1 Å². The number of hydrogen-bond donors (Lipinski definition) is 0. The van der Waals surface area contributed by atoms with E-state index in [0.717, 1.165) is 16.8 Å². The summed E-state index contributed by atoms with van der Waals surface area (Å²) in [7, 11) is 0. The monoisotopic (exact) mass is 434 g/mol. The number of carbonyl (C=O) groups is 2. The molecule has 2 aliphatic rings. The first-order valence-corrected chi connectivity index (χ1v) is 10.5. The minimum Gasteiger partial charge on any atom is -0.486 e. The molecule has 0 bridgehead atoms. The van der Waals surface area contributed by atoms with Crippen molar-refractivity contribution in [3.63, 3.8) is 0 Å². The maximum atomic E-state index is 12.5. The van der Waals surface area contributed by atoms with Crippen LogP contribution in [0.4, 0.5) is 5.69 Å². The fourth-order valence-electron chi connectivity index (χ4n) is 3.82. The summed E-state index contributed by atoms with van der Waals surface area (Å²) >= 11 is 0. The third-order valence-electron chi connectivity index (χ3n) is 5.55. The normalized spacial score (nSPS) is 17.5. The largest absolute Gasteiger partial charge is 0.486 e. The Balaban J connectivity index is 1.19. The van der Waals surface area contributed by atoms with Gasteiger partial charge in [-0.05, 0) is 37.3 Å². The number of esters is 1. The molecule has 1 aromatic heterocycles. The van der Waals surface area contributed by atoms with E-state index in [0.29, 0.717) is 42.7 Å². The van der Waals surface area contributed by atoms with E-state index in [-0.39, 0.29) is 18.9 Å². The van der Waals surface area contributed by atoms with Gasteiger partial charge in [0.25, 0.3) is 0 Å². The molecule has 1 fully saturated rings. The highest BCUT2D eigenvalue weighted by molar-refractivity contribution is 5.99. The van der Waals surface area contributed by atoms with Crippen LogP contribution in [0.5, 0.6) is 11.5 Å². The van der Waals surface area contributed by atoms with Crippen LogP contribution in [0.25, 0.3) is 11.3 Å². The van der Waals surface area contributed by atoms with Crippen molar-refractivity contribution in [1.82, 2.24) is 5.16 Å². The predicted molar refractivity (Wildman–Crippen MR) is 114 cm³/mol. The van der Waals surface area contributed by atoms with Gasteiger partial charge in [-0.1, -0.05) is 22.9 Å². The Morgan fingerprint density at radius 1 is 1.09 bits per heavy atom. The van der Waals surface area contributed by atoms with Crippen molar-refractivity contribution >= 4 is 17.6 Å². The van der Waals surface area contributed by atoms with E-state index >= 15 is 0 Å². The van der Waals surface area contributed by atoms with Gasteiger partial charge < -0.3 is 23.6 Å². The average molecular weight is 434 g/mol. The van der Waals surface area contributed by atoms with Crippen LogP contribution in [0.2, 0.25) is 0 Å². The van der Waals surface area contributed by atoms with Crippen molar-refractivity contribution in [1.29, 1.82) is 0 Å². The van der Waals surface area contributed by atoms with Crippen molar-refractivity contribution in [2.24, 2.45) is 5.92 Å². The maximum absolute atomic E-state index is 12.5. The van der Waals surface area contributed by atoms with E-state index in [1.807, 2.05) is 49.4 Å². The summed E-state index contributed by atoms with van der Waals surface area (Å²) in [6.07, 6.45) is 0.133. The van der Waals surface area contributed by atoms with Gasteiger partial charge in [0.15, 0.2) is 17.3 Å². The minimum absolute atomic E-state index is 0.0257. The molecule has 1 saturated heterocycles. The molecule has 164 valence electrons. The fraction of sp³-hybridized carbons (Fsp3) is 0.292. The van der Waals surface area contributed by atoms with Crippen LogP contribution in [0.3, 0.4) is 0 Å². The van der Waals surface area contributed by atoms with E-state index in [2.05, 4.69) is 5.16 Å². The molecule has 2 aliphatic heterocycles. The fourth-order valence-corrected chi connectivity index (χ4v) is 3.82. The van der Waals surface area contributed by atoms with E-state index in [1.165, 1.54) is 0 Å². The molecule has 0 radical (unpaired) electrons. The number of aromatic nitrogens is 1. The summed E-state index contributed by atoms with van der Waals surface area (Å²) in [6, 6.07) is 14.9. The Bertz CT molecular complexity index is 1150. The second-order valence-electron chi connectivity index (χ2n) is 7.89. The van der Waals surface area contributed by atoms with E-state index in [1.54, 1.807) is 11.0 Å². The lowest BCUT2D eigenvalue weighted by Gasteiger charge is -2.18. The van der Waals surface area contributed by atoms with Gasteiger partial charge in [-0.15, -0.1) is 0 Å². The summed E-state index contributed by atoms with van der Waals surface area (Å²) < 4.78 is 21.9. The number of amides is 1. The van der Waals surface area contributed by atoms with Crippen LogP contribution in [0.1, 0.15) is 17.7 Å². The van der Waals surface area contributed by atoms with Crippen molar-refractivity contribution < 1.29 is 28.3 Å². The zero-order chi connectivity index (χ0) is 22.1. The standard InChI is InChI=1S/C24H22N2O6/c1-15-2-5-19(6-3-15)26-13-17(11-23(26)27)24(28)31-14-18-12-21(32-25-18)16-4-7-20-22(10-16)30-9-8-29-20/h2-7,10,12,17H,8-9,11,13-14H2,1H3. The smallest absolute Gasteiger partial charge is 0.311 e. The lowest BCUT2D eigenvalue weighted by Crippen LogP contribution is -2.26. The highest BCUT2D eigenvalue weighted by atomic mass is 16.6. The highest BCUT2D eigenvalue weighted by Gasteiger charge is 2.36. The second kappa shape index (κ2) is 8.37. The van der Waals surface area contributed by atoms with Gasteiger partial charge in [0.1, 0.15) is 25.5 Å². The Morgan fingerprint density at radius 2 is 1.88 bits per heavy atom. The van der Waals surface area contributed by atoms with Gasteiger partial charge in [0.2, 0.25) is 5.91 Å². The van der Waals surface area contributed by atoms with E-state index in [9.17, 15) is 9.59 Å². The summed E-state index contributed by atoms with van der Waals surface area (Å²) in [5.74, 6) is 0.874. The lowest BCUT2D eigenvalue weighted by atomic mass is 10.1. The molecule has 0 saturated carbocycles.